The second-order valence-corrected chi connectivity index (χ2v) is 5.14. The molecule has 0 bridgehead atoms. The van der Waals surface area contributed by atoms with Crippen LogP contribution in [0.2, 0.25) is 10.0 Å². The van der Waals surface area contributed by atoms with Crippen molar-refractivity contribution in [2.75, 3.05) is 5.73 Å². The van der Waals surface area contributed by atoms with E-state index >= 15 is 0 Å². The summed E-state index contributed by atoms with van der Waals surface area (Å²) in [5, 5.41) is 2.90. The van der Waals surface area contributed by atoms with Crippen molar-refractivity contribution in [3.8, 4) is 0 Å². The average molecular weight is 290 g/mol. The van der Waals surface area contributed by atoms with Crippen LogP contribution in [0.4, 0.5) is 5.69 Å². The molecule has 98 valence electrons. The van der Waals surface area contributed by atoms with Gasteiger partial charge in [-0.15, -0.1) is 0 Å². The summed E-state index contributed by atoms with van der Waals surface area (Å²) in [6, 6.07) is 2.80. The first-order valence-electron chi connectivity index (χ1n) is 5.02. The van der Waals surface area contributed by atoms with Crippen LogP contribution in [-0.4, -0.2) is 17.4 Å². The number of rotatable bonds is 3. The molecule has 7 heteroatoms. The minimum atomic E-state index is -1.20. The van der Waals surface area contributed by atoms with E-state index in [4.69, 9.17) is 34.7 Å². The van der Waals surface area contributed by atoms with Crippen molar-refractivity contribution in [1.29, 1.82) is 0 Å². The number of anilines is 1. The zero-order valence-electron chi connectivity index (χ0n) is 9.88. The highest BCUT2D eigenvalue weighted by Crippen LogP contribution is 2.27. The van der Waals surface area contributed by atoms with Crippen molar-refractivity contribution in [3.05, 3.63) is 27.7 Å². The van der Waals surface area contributed by atoms with Crippen LogP contribution in [0.5, 0.6) is 0 Å². The lowest BCUT2D eigenvalue weighted by molar-refractivity contribution is -0.122. The number of nitrogen functional groups attached to an aromatic ring is 1. The fourth-order valence-corrected chi connectivity index (χ4v) is 1.68. The summed E-state index contributed by atoms with van der Waals surface area (Å²) in [6.07, 6.45) is 0. The fourth-order valence-electron chi connectivity index (χ4n) is 1.19. The predicted octanol–water partition coefficient (Wildman–Crippen LogP) is 1.57. The van der Waals surface area contributed by atoms with E-state index in [2.05, 4.69) is 5.32 Å². The number of nitrogens with one attached hydrogen (secondary N) is 1. The van der Waals surface area contributed by atoms with Gasteiger partial charge in [-0.2, -0.15) is 0 Å². The highest BCUT2D eigenvalue weighted by atomic mass is 35.5. The first-order chi connectivity index (χ1) is 8.15. The SMILES string of the molecule is CC(C)(NC(=O)c1cc(Cl)cc(Cl)c1N)C(N)=O. The number of halogens is 2. The average Bonchev–Trinajstić information content (AvgIpc) is 2.22. The molecule has 0 unspecified atom stereocenters. The van der Waals surface area contributed by atoms with Gasteiger partial charge in [0.1, 0.15) is 5.54 Å². The number of primary amides is 1. The molecule has 0 aliphatic heterocycles. The second kappa shape index (κ2) is 5.04. The van der Waals surface area contributed by atoms with Gasteiger partial charge in [-0.25, -0.2) is 0 Å². The van der Waals surface area contributed by atoms with Crippen LogP contribution in [0.25, 0.3) is 0 Å². The molecule has 0 saturated heterocycles. The zero-order valence-corrected chi connectivity index (χ0v) is 11.4. The minimum Gasteiger partial charge on any atom is -0.397 e. The molecule has 0 aliphatic rings. The van der Waals surface area contributed by atoms with Gasteiger partial charge >= 0.3 is 0 Å². The predicted molar refractivity (Wildman–Crippen MR) is 71.6 cm³/mol. The highest BCUT2D eigenvalue weighted by Gasteiger charge is 2.28. The van der Waals surface area contributed by atoms with E-state index in [-0.39, 0.29) is 21.3 Å². The summed E-state index contributed by atoms with van der Waals surface area (Å²) < 4.78 is 0. The molecule has 0 heterocycles. The molecule has 1 aromatic rings. The summed E-state index contributed by atoms with van der Waals surface area (Å²) in [4.78, 5) is 23.1. The normalized spacial score (nSPS) is 11.1. The molecule has 0 aromatic heterocycles. The highest BCUT2D eigenvalue weighted by molar-refractivity contribution is 6.37. The third-order valence-electron chi connectivity index (χ3n) is 2.38. The van der Waals surface area contributed by atoms with Crippen molar-refractivity contribution < 1.29 is 9.59 Å². The lowest BCUT2D eigenvalue weighted by Gasteiger charge is -2.22. The Kier molecular flexibility index (Phi) is 4.09. The largest absolute Gasteiger partial charge is 0.397 e. The zero-order chi connectivity index (χ0) is 14.1. The third kappa shape index (κ3) is 3.05. The molecule has 18 heavy (non-hydrogen) atoms. The van der Waals surface area contributed by atoms with Crippen molar-refractivity contribution in [2.45, 2.75) is 19.4 Å². The monoisotopic (exact) mass is 289 g/mol. The van der Waals surface area contributed by atoms with Crippen LogP contribution in [0.15, 0.2) is 12.1 Å². The Morgan fingerprint density at radius 1 is 1.28 bits per heavy atom. The number of amides is 2. The van der Waals surface area contributed by atoms with E-state index in [0.717, 1.165) is 0 Å². The molecule has 1 aromatic carbocycles. The molecule has 1 rings (SSSR count). The van der Waals surface area contributed by atoms with Crippen LogP contribution < -0.4 is 16.8 Å². The molecule has 0 saturated carbocycles. The first kappa shape index (κ1) is 14.6. The Bertz CT molecular complexity index is 515. The van der Waals surface area contributed by atoms with Gasteiger partial charge in [0.2, 0.25) is 5.91 Å². The molecule has 2 amide bonds. The Hall–Kier alpha value is -1.46. The van der Waals surface area contributed by atoms with E-state index in [1.807, 2.05) is 0 Å². The number of hydrogen-bond acceptors (Lipinski definition) is 3. The quantitative estimate of drug-likeness (QED) is 0.737. The van der Waals surface area contributed by atoms with Gasteiger partial charge in [0, 0.05) is 5.02 Å². The number of carbonyl (C=O) groups is 2. The third-order valence-corrected chi connectivity index (χ3v) is 2.91. The van der Waals surface area contributed by atoms with E-state index < -0.39 is 17.4 Å². The Labute approximate surface area is 114 Å². The Morgan fingerprint density at radius 3 is 2.33 bits per heavy atom. The van der Waals surface area contributed by atoms with Gasteiger partial charge in [-0.05, 0) is 26.0 Å². The summed E-state index contributed by atoms with van der Waals surface area (Å²) in [5.41, 5.74) is 9.84. The van der Waals surface area contributed by atoms with Crippen molar-refractivity contribution in [3.63, 3.8) is 0 Å². The van der Waals surface area contributed by atoms with Crippen molar-refractivity contribution >= 4 is 40.7 Å². The number of benzene rings is 1. The van der Waals surface area contributed by atoms with Gasteiger partial charge in [-0.3, -0.25) is 9.59 Å². The fraction of sp³-hybridized carbons (Fsp3) is 0.273. The standard InChI is InChI=1S/C11H13Cl2N3O2/c1-11(2,10(15)18)16-9(17)6-3-5(12)4-7(13)8(6)14/h3-4H,14H2,1-2H3,(H2,15,18)(H,16,17). The summed E-state index contributed by atoms with van der Waals surface area (Å²) >= 11 is 11.6. The van der Waals surface area contributed by atoms with Gasteiger partial charge in [0.15, 0.2) is 0 Å². The number of carbonyl (C=O) groups excluding carboxylic acids is 2. The van der Waals surface area contributed by atoms with Crippen LogP contribution >= 0.6 is 23.2 Å². The lowest BCUT2D eigenvalue weighted by Crippen LogP contribution is -2.53. The first-order valence-corrected chi connectivity index (χ1v) is 5.77. The van der Waals surface area contributed by atoms with Crippen LogP contribution in [0.1, 0.15) is 24.2 Å². The summed E-state index contributed by atoms with van der Waals surface area (Å²) in [5.74, 6) is -1.23. The maximum atomic E-state index is 12.0. The number of hydrogen-bond donors (Lipinski definition) is 3. The molecular weight excluding hydrogens is 277 g/mol. The number of nitrogens with two attached hydrogens (primary N) is 2. The topological polar surface area (TPSA) is 98.2 Å². The van der Waals surface area contributed by atoms with Crippen LogP contribution in [0.3, 0.4) is 0 Å². The summed E-state index contributed by atoms with van der Waals surface area (Å²) in [7, 11) is 0. The van der Waals surface area contributed by atoms with E-state index in [9.17, 15) is 9.59 Å². The van der Waals surface area contributed by atoms with E-state index in [1.165, 1.54) is 26.0 Å². The second-order valence-electron chi connectivity index (χ2n) is 4.29. The van der Waals surface area contributed by atoms with E-state index in [0.29, 0.717) is 0 Å². The summed E-state index contributed by atoms with van der Waals surface area (Å²) in [6.45, 7) is 2.96. The molecule has 5 N–H and O–H groups in total. The molecule has 0 spiro atoms. The smallest absolute Gasteiger partial charge is 0.254 e. The molecule has 0 radical (unpaired) electrons. The van der Waals surface area contributed by atoms with Crippen molar-refractivity contribution in [2.24, 2.45) is 5.73 Å². The molecule has 5 nitrogen and oxygen atoms in total. The van der Waals surface area contributed by atoms with Gasteiger partial charge in [-0.1, -0.05) is 23.2 Å². The maximum Gasteiger partial charge on any atom is 0.254 e. The molecule has 0 fully saturated rings. The minimum absolute atomic E-state index is 0.0961. The van der Waals surface area contributed by atoms with Gasteiger partial charge < -0.3 is 16.8 Å². The van der Waals surface area contributed by atoms with Crippen LogP contribution in [-0.2, 0) is 4.79 Å². The van der Waals surface area contributed by atoms with Crippen molar-refractivity contribution in [1.82, 2.24) is 5.32 Å². The lowest BCUT2D eigenvalue weighted by atomic mass is 10.0. The van der Waals surface area contributed by atoms with Gasteiger partial charge in [0.25, 0.3) is 5.91 Å². The van der Waals surface area contributed by atoms with E-state index in [1.54, 1.807) is 0 Å². The molecule has 0 atom stereocenters. The van der Waals surface area contributed by atoms with Crippen LogP contribution in [0, 0.1) is 0 Å². The Balaban J connectivity index is 3.09. The molecular formula is C11H13Cl2N3O2. The Morgan fingerprint density at radius 2 is 1.83 bits per heavy atom. The van der Waals surface area contributed by atoms with Gasteiger partial charge in [0.05, 0.1) is 16.3 Å². The molecule has 0 aliphatic carbocycles. The maximum absolute atomic E-state index is 12.0.